The highest BCUT2D eigenvalue weighted by atomic mass is 127. The Balaban J connectivity index is 0.00000312. The number of nitrogens with zero attached hydrogens (tertiary/aromatic N) is 1. The van der Waals surface area contributed by atoms with E-state index in [2.05, 4.69) is 15.0 Å². The normalized spacial score (nSPS) is 16.7. The van der Waals surface area contributed by atoms with Crippen LogP contribution in [0.25, 0.3) is 0 Å². The van der Waals surface area contributed by atoms with Crippen LogP contribution < -0.4 is 15.8 Å². The highest BCUT2D eigenvalue weighted by molar-refractivity contribution is 14.0. The van der Waals surface area contributed by atoms with Gasteiger partial charge in [-0.05, 0) is 25.0 Å². The van der Waals surface area contributed by atoms with Gasteiger partial charge in [-0.25, -0.2) is 8.42 Å². The molecule has 0 heterocycles. The molecule has 1 aromatic carbocycles. The summed E-state index contributed by atoms with van der Waals surface area (Å²) in [5.74, 6) is -0.515. The predicted octanol–water partition coefficient (Wildman–Crippen LogP) is 2.75. The van der Waals surface area contributed by atoms with Crippen LogP contribution in [0.4, 0.5) is 18.9 Å². The first kappa shape index (κ1) is 21.8. The number of anilines is 1. The molecule has 0 unspecified atom stereocenters. The number of sulfone groups is 1. The first-order chi connectivity index (χ1) is 11.0. The van der Waals surface area contributed by atoms with E-state index < -0.39 is 27.4 Å². The number of aliphatic imine (C=N–C) groups is 1. The van der Waals surface area contributed by atoms with Crippen molar-refractivity contribution in [2.24, 2.45) is 16.1 Å². The Morgan fingerprint density at radius 3 is 2.48 bits per heavy atom. The Labute approximate surface area is 161 Å². The Morgan fingerprint density at radius 2 is 1.96 bits per heavy atom. The molecule has 0 saturated heterocycles. The summed E-state index contributed by atoms with van der Waals surface area (Å²) in [4.78, 5) is 4.06. The number of alkyl halides is 3. The summed E-state index contributed by atoms with van der Waals surface area (Å²) in [5.41, 5.74) is 5.29. The lowest BCUT2D eigenvalue weighted by molar-refractivity contribution is -0.274. The summed E-state index contributed by atoms with van der Waals surface area (Å²) in [5, 5.41) is 2.55. The minimum absolute atomic E-state index is 0. The third kappa shape index (κ3) is 7.67. The van der Waals surface area contributed by atoms with Gasteiger partial charge in [0.1, 0.15) is 9.84 Å². The number of rotatable bonds is 6. The summed E-state index contributed by atoms with van der Waals surface area (Å²) in [6.45, 7) is 0.196. The van der Waals surface area contributed by atoms with E-state index in [1.54, 1.807) is 0 Å². The fraction of sp³-hybridized carbons (Fsp3) is 0.500. The molecule has 1 aromatic rings. The zero-order chi connectivity index (χ0) is 18.0. The third-order valence-corrected chi connectivity index (χ3v) is 4.62. The van der Waals surface area contributed by atoms with Crippen molar-refractivity contribution in [1.82, 2.24) is 0 Å². The average Bonchev–Trinajstić information content (AvgIpc) is 3.15. The van der Waals surface area contributed by atoms with E-state index in [4.69, 9.17) is 5.73 Å². The molecule has 0 aromatic heterocycles. The highest BCUT2D eigenvalue weighted by Gasteiger charge is 2.45. The summed E-state index contributed by atoms with van der Waals surface area (Å²) in [6.07, 6.45) is -2.21. The van der Waals surface area contributed by atoms with Gasteiger partial charge in [-0.3, -0.25) is 4.99 Å². The van der Waals surface area contributed by atoms with E-state index in [1.807, 2.05) is 0 Å². The molecule has 3 N–H and O–H groups in total. The molecule has 0 radical (unpaired) electrons. The average molecular weight is 493 g/mol. The lowest BCUT2D eigenvalue weighted by Crippen LogP contribution is -2.27. The zero-order valence-corrected chi connectivity index (χ0v) is 16.5. The van der Waals surface area contributed by atoms with Crippen LogP contribution in [-0.4, -0.2) is 39.3 Å². The fourth-order valence-electron chi connectivity index (χ4n) is 2.30. The van der Waals surface area contributed by atoms with E-state index >= 15 is 0 Å². The Bertz CT molecular complexity index is 734. The van der Waals surface area contributed by atoms with Gasteiger partial charge in [-0.15, -0.1) is 37.1 Å². The van der Waals surface area contributed by atoms with Gasteiger partial charge in [-0.1, -0.05) is 12.1 Å². The number of hydrogen-bond donors (Lipinski definition) is 2. The van der Waals surface area contributed by atoms with Crippen LogP contribution in [0.15, 0.2) is 29.3 Å². The third-order valence-electron chi connectivity index (χ3n) is 3.49. The quantitative estimate of drug-likeness (QED) is 0.361. The zero-order valence-electron chi connectivity index (χ0n) is 13.3. The second-order valence-corrected chi connectivity index (χ2v) is 8.08. The topological polar surface area (TPSA) is 93.8 Å². The van der Waals surface area contributed by atoms with Crippen LogP contribution in [0, 0.1) is 5.41 Å². The van der Waals surface area contributed by atoms with E-state index in [1.165, 1.54) is 18.2 Å². The van der Waals surface area contributed by atoms with Gasteiger partial charge < -0.3 is 15.8 Å². The lowest BCUT2D eigenvalue weighted by Gasteiger charge is -2.15. The number of para-hydroxylation sites is 2. The summed E-state index contributed by atoms with van der Waals surface area (Å²) in [7, 11) is -3.13. The standard InChI is InChI=1S/C14H18F3N3O3S.HI/c1-24(21,22)9-13(6-7-13)8-19-12(18)20-10-4-2-3-5-11(10)23-14(15,16)17;/h2-5H,6-9H2,1H3,(H3,18,19,20);1H. The first-order valence-corrected chi connectivity index (χ1v) is 9.14. The van der Waals surface area contributed by atoms with E-state index in [0.717, 1.165) is 25.2 Å². The van der Waals surface area contributed by atoms with Crippen molar-refractivity contribution in [3.05, 3.63) is 24.3 Å². The van der Waals surface area contributed by atoms with Crippen LogP contribution in [0.1, 0.15) is 12.8 Å². The molecular formula is C14H19F3IN3O3S. The summed E-state index contributed by atoms with van der Waals surface area (Å²) < 4.78 is 63.7. The number of guanidine groups is 1. The summed E-state index contributed by atoms with van der Waals surface area (Å²) >= 11 is 0. The molecule has 1 aliphatic rings. The molecule has 1 saturated carbocycles. The van der Waals surface area contributed by atoms with E-state index in [-0.39, 0.29) is 47.9 Å². The molecular weight excluding hydrogens is 474 g/mol. The predicted molar refractivity (Wildman–Crippen MR) is 100 cm³/mol. The molecule has 11 heteroatoms. The van der Waals surface area contributed by atoms with Crippen molar-refractivity contribution < 1.29 is 26.3 Å². The molecule has 25 heavy (non-hydrogen) atoms. The number of halogens is 4. The minimum atomic E-state index is -4.82. The van der Waals surface area contributed by atoms with Gasteiger partial charge in [-0.2, -0.15) is 0 Å². The molecule has 0 bridgehead atoms. The first-order valence-electron chi connectivity index (χ1n) is 7.08. The van der Waals surface area contributed by atoms with Gasteiger partial charge in [0.15, 0.2) is 11.7 Å². The molecule has 0 atom stereocenters. The number of nitrogens with one attached hydrogen (secondary N) is 1. The van der Waals surface area contributed by atoms with Gasteiger partial charge in [0.2, 0.25) is 0 Å². The van der Waals surface area contributed by atoms with Crippen LogP contribution in [0.3, 0.4) is 0 Å². The van der Waals surface area contributed by atoms with Crippen molar-refractivity contribution in [3.63, 3.8) is 0 Å². The monoisotopic (exact) mass is 493 g/mol. The molecule has 142 valence electrons. The van der Waals surface area contributed by atoms with Crippen molar-refractivity contribution in [1.29, 1.82) is 0 Å². The number of hydrogen-bond acceptors (Lipinski definition) is 4. The SMILES string of the molecule is CS(=O)(=O)CC1(CN=C(N)Nc2ccccc2OC(F)(F)F)CC1.I. The minimum Gasteiger partial charge on any atom is -0.404 e. The molecule has 6 nitrogen and oxygen atoms in total. The number of benzene rings is 1. The smallest absolute Gasteiger partial charge is 0.404 e. The maximum atomic E-state index is 12.4. The maximum absolute atomic E-state index is 12.4. The van der Waals surface area contributed by atoms with Crippen molar-refractivity contribution in [3.8, 4) is 5.75 Å². The van der Waals surface area contributed by atoms with E-state index in [0.29, 0.717) is 0 Å². The van der Waals surface area contributed by atoms with Crippen molar-refractivity contribution in [2.45, 2.75) is 19.2 Å². The summed E-state index contributed by atoms with van der Waals surface area (Å²) in [6, 6.07) is 5.43. The molecule has 1 fully saturated rings. The largest absolute Gasteiger partial charge is 0.573 e. The molecule has 0 spiro atoms. The number of ether oxygens (including phenoxy) is 1. The Hall–Kier alpha value is -1.24. The maximum Gasteiger partial charge on any atom is 0.573 e. The van der Waals surface area contributed by atoms with Gasteiger partial charge >= 0.3 is 6.36 Å². The second-order valence-electron chi connectivity index (χ2n) is 5.94. The van der Waals surface area contributed by atoms with Gasteiger partial charge in [0, 0.05) is 18.2 Å². The van der Waals surface area contributed by atoms with E-state index in [9.17, 15) is 21.6 Å². The fourth-order valence-corrected chi connectivity index (χ4v) is 3.79. The highest BCUT2D eigenvalue weighted by Crippen LogP contribution is 2.46. The lowest BCUT2D eigenvalue weighted by atomic mass is 10.1. The second kappa shape index (κ2) is 7.98. The molecule has 0 aliphatic heterocycles. The van der Waals surface area contributed by atoms with Crippen molar-refractivity contribution >= 4 is 45.5 Å². The van der Waals surface area contributed by atoms with Gasteiger partial charge in [0.25, 0.3) is 0 Å². The number of nitrogens with two attached hydrogens (primary N) is 1. The molecule has 1 aliphatic carbocycles. The van der Waals surface area contributed by atoms with Crippen LogP contribution in [-0.2, 0) is 9.84 Å². The van der Waals surface area contributed by atoms with Crippen molar-refractivity contribution in [2.75, 3.05) is 23.9 Å². The van der Waals surface area contributed by atoms with Crippen LogP contribution in [0.2, 0.25) is 0 Å². The Kier molecular flexibility index (Phi) is 6.95. The van der Waals surface area contributed by atoms with Crippen LogP contribution >= 0.6 is 24.0 Å². The molecule has 2 rings (SSSR count). The molecule has 0 amide bonds. The van der Waals surface area contributed by atoms with Gasteiger partial charge in [0.05, 0.1) is 11.4 Å². The Morgan fingerprint density at radius 1 is 1.36 bits per heavy atom. The van der Waals surface area contributed by atoms with Crippen LogP contribution in [0.5, 0.6) is 5.75 Å².